The topological polar surface area (TPSA) is 75.8 Å². The summed E-state index contributed by atoms with van der Waals surface area (Å²) in [6, 6.07) is 3.36. The summed E-state index contributed by atoms with van der Waals surface area (Å²) in [6.07, 6.45) is -0.330. The molecule has 1 aliphatic rings. The predicted molar refractivity (Wildman–Crippen MR) is 67.4 cm³/mol. The number of ether oxygens (including phenoxy) is 1. The minimum absolute atomic E-state index is 0.0891. The van der Waals surface area contributed by atoms with Crippen molar-refractivity contribution in [1.82, 2.24) is 4.90 Å². The molecule has 1 aromatic carbocycles. The number of carbonyl (C=O) groups excluding carboxylic acids is 1. The lowest BCUT2D eigenvalue weighted by Crippen LogP contribution is -2.51. The molecule has 2 rings (SSSR count). The van der Waals surface area contributed by atoms with Gasteiger partial charge in [-0.25, -0.2) is 4.39 Å². The van der Waals surface area contributed by atoms with Gasteiger partial charge in [-0.1, -0.05) is 0 Å². The summed E-state index contributed by atoms with van der Waals surface area (Å²) in [7, 11) is 0. The van der Waals surface area contributed by atoms with Crippen LogP contribution in [0.3, 0.4) is 0 Å². The van der Waals surface area contributed by atoms with E-state index in [2.05, 4.69) is 0 Å². The molecule has 1 fully saturated rings. The van der Waals surface area contributed by atoms with Gasteiger partial charge < -0.3 is 20.5 Å². The molecule has 0 spiro atoms. The first kappa shape index (κ1) is 13.8. The molecule has 0 bridgehead atoms. The van der Waals surface area contributed by atoms with E-state index in [-0.39, 0.29) is 29.4 Å². The Morgan fingerprint density at radius 3 is 2.95 bits per heavy atom. The number of carbonyl (C=O) groups is 1. The lowest BCUT2D eigenvalue weighted by atomic mass is 10.1. The number of phenols is 1. The minimum Gasteiger partial charge on any atom is -0.507 e. The number of morpholine rings is 1. The molecule has 2 unspecified atom stereocenters. The summed E-state index contributed by atoms with van der Waals surface area (Å²) in [6.45, 7) is 2.97. The molecule has 2 atom stereocenters. The van der Waals surface area contributed by atoms with E-state index >= 15 is 0 Å². The summed E-state index contributed by atoms with van der Waals surface area (Å²) in [5, 5.41) is 9.64. The van der Waals surface area contributed by atoms with Crippen LogP contribution in [0.2, 0.25) is 0 Å². The Kier molecular flexibility index (Phi) is 4.01. The molecule has 0 radical (unpaired) electrons. The molecule has 1 aliphatic heterocycles. The zero-order valence-electron chi connectivity index (χ0n) is 10.7. The van der Waals surface area contributed by atoms with Crippen LogP contribution in [0.1, 0.15) is 17.3 Å². The van der Waals surface area contributed by atoms with Gasteiger partial charge in [0.25, 0.3) is 5.91 Å². The molecule has 104 valence electrons. The second-order valence-electron chi connectivity index (χ2n) is 4.68. The van der Waals surface area contributed by atoms with Crippen molar-refractivity contribution in [1.29, 1.82) is 0 Å². The van der Waals surface area contributed by atoms with Gasteiger partial charge in [-0.05, 0) is 19.1 Å². The third-order valence-corrected chi connectivity index (χ3v) is 3.07. The first-order valence-electron chi connectivity index (χ1n) is 6.14. The lowest BCUT2D eigenvalue weighted by molar-refractivity contribution is -0.0626. The predicted octanol–water partition coefficient (Wildman–Crippen LogP) is 0.720. The summed E-state index contributed by atoms with van der Waals surface area (Å²) >= 11 is 0. The Bertz CT molecular complexity index is 481. The molecular weight excluding hydrogens is 251 g/mol. The van der Waals surface area contributed by atoms with E-state index in [1.807, 2.05) is 6.92 Å². The zero-order chi connectivity index (χ0) is 14.0. The standard InChI is InChI=1S/C13H17FN2O3/c1-8-6-16(7-10(5-15)19-8)13(18)11-3-2-9(14)4-12(11)17/h2-4,8,10,17H,5-7,15H2,1H3. The lowest BCUT2D eigenvalue weighted by Gasteiger charge is -2.36. The second-order valence-corrected chi connectivity index (χ2v) is 4.68. The normalized spacial score (nSPS) is 23.4. The Balaban J connectivity index is 2.18. The highest BCUT2D eigenvalue weighted by Gasteiger charge is 2.29. The molecule has 19 heavy (non-hydrogen) atoms. The van der Waals surface area contributed by atoms with Crippen molar-refractivity contribution in [3.8, 4) is 5.75 Å². The molecule has 1 aromatic rings. The number of hydrogen-bond donors (Lipinski definition) is 2. The van der Waals surface area contributed by atoms with Gasteiger partial charge in [0.2, 0.25) is 0 Å². The van der Waals surface area contributed by atoms with Gasteiger partial charge in [-0.15, -0.1) is 0 Å². The van der Waals surface area contributed by atoms with Gasteiger partial charge in [0.15, 0.2) is 0 Å². The van der Waals surface area contributed by atoms with Crippen molar-refractivity contribution in [2.24, 2.45) is 5.73 Å². The third kappa shape index (κ3) is 3.02. The fraction of sp³-hybridized carbons (Fsp3) is 0.462. The molecule has 0 saturated carbocycles. The molecule has 0 aliphatic carbocycles. The van der Waals surface area contributed by atoms with Crippen molar-refractivity contribution in [3.05, 3.63) is 29.6 Å². The first-order chi connectivity index (χ1) is 9.01. The van der Waals surface area contributed by atoms with Crippen molar-refractivity contribution < 1.29 is 19.0 Å². The van der Waals surface area contributed by atoms with Crippen LogP contribution in [0.25, 0.3) is 0 Å². The average Bonchev–Trinajstić information content (AvgIpc) is 2.37. The number of halogens is 1. The van der Waals surface area contributed by atoms with Crippen molar-refractivity contribution in [3.63, 3.8) is 0 Å². The number of aromatic hydroxyl groups is 1. The molecule has 1 amide bonds. The van der Waals surface area contributed by atoms with E-state index in [0.717, 1.165) is 12.1 Å². The number of phenolic OH excluding ortho intramolecular Hbond substituents is 1. The van der Waals surface area contributed by atoms with Crippen LogP contribution in [0, 0.1) is 5.82 Å². The highest BCUT2D eigenvalue weighted by atomic mass is 19.1. The number of benzene rings is 1. The number of amides is 1. The van der Waals surface area contributed by atoms with Gasteiger partial charge in [-0.2, -0.15) is 0 Å². The van der Waals surface area contributed by atoms with Crippen LogP contribution in [-0.4, -0.2) is 47.8 Å². The van der Waals surface area contributed by atoms with Crippen molar-refractivity contribution in [2.75, 3.05) is 19.6 Å². The van der Waals surface area contributed by atoms with E-state index in [1.165, 1.54) is 6.07 Å². The third-order valence-electron chi connectivity index (χ3n) is 3.07. The molecule has 6 heteroatoms. The molecule has 5 nitrogen and oxygen atoms in total. The number of hydrogen-bond acceptors (Lipinski definition) is 4. The fourth-order valence-corrected chi connectivity index (χ4v) is 2.20. The SMILES string of the molecule is CC1CN(C(=O)c2ccc(F)cc2O)CC(CN)O1. The maximum atomic E-state index is 12.9. The van der Waals surface area contributed by atoms with Crippen molar-refractivity contribution in [2.45, 2.75) is 19.1 Å². The molecule has 0 aromatic heterocycles. The number of rotatable bonds is 2. The maximum Gasteiger partial charge on any atom is 0.257 e. The molecule has 3 N–H and O–H groups in total. The van der Waals surface area contributed by atoms with Gasteiger partial charge in [0, 0.05) is 25.7 Å². The fourth-order valence-electron chi connectivity index (χ4n) is 2.20. The summed E-state index contributed by atoms with van der Waals surface area (Å²) in [5.74, 6) is -1.27. The van der Waals surface area contributed by atoms with E-state index in [4.69, 9.17) is 10.5 Å². The first-order valence-corrected chi connectivity index (χ1v) is 6.14. The number of nitrogens with zero attached hydrogens (tertiary/aromatic N) is 1. The zero-order valence-corrected chi connectivity index (χ0v) is 10.7. The van der Waals surface area contributed by atoms with Crippen LogP contribution in [-0.2, 0) is 4.74 Å². The Morgan fingerprint density at radius 1 is 1.58 bits per heavy atom. The Morgan fingerprint density at radius 2 is 2.32 bits per heavy atom. The Hall–Kier alpha value is -1.66. The summed E-state index contributed by atoms with van der Waals surface area (Å²) in [5.41, 5.74) is 5.64. The molecular formula is C13H17FN2O3. The largest absolute Gasteiger partial charge is 0.507 e. The molecule has 1 saturated heterocycles. The smallest absolute Gasteiger partial charge is 0.257 e. The highest BCUT2D eigenvalue weighted by molar-refractivity contribution is 5.96. The second kappa shape index (κ2) is 5.54. The van der Waals surface area contributed by atoms with Crippen LogP contribution in [0.5, 0.6) is 5.75 Å². The van der Waals surface area contributed by atoms with Gasteiger partial charge in [0.05, 0.1) is 17.8 Å². The van der Waals surface area contributed by atoms with E-state index in [0.29, 0.717) is 19.6 Å². The minimum atomic E-state index is -0.579. The quantitative estimate of drug-likeness (QED) is 0.828. The maximum absolute atomic E-state index is 12.9. The van der Waals surface area contributed by atoms with Gasteiger partial charge in [0.1, 0.15) is 11.6 Å². The van der Waals surface area contributed by atoms with E-state index < -0.39 is 5.82 Å². The highest BCUT2D eigenvalue weighted by Crippen LogP contribution is 2.22. The summed E-state index contributed by atoms with van der Waals surface area (Å²) < 4.78 is 18.5. The monoisotopic (exact) mass is 268 g/mol. The van der Waals surface area contributed by atoms with Crippen LogP contribution < -0.4 is 5.73 Å². The van der Waals surface area contributed by atoms with E-state index in [9.17, 15) is 14.3 Å². The van der Waals surface area contributed by atoms with Gasteiger partial charge >= 0.3 is 0 Å². The van der Waals surface area contributed by atoms with Crippen LogP contribution in [0.4, 0.5) is 4.39 Å². The average molecular weight is 268 g/mol. The van der Waals surface area contributed by atoms with Crippen LogP contribution in [0.15, 0.2) is 18.2 Å². The number of nitrogens with two attached hydrogens (primary N) is 1. The Labute approximate surface area is 110 Å². The van der Waals surface area contributed by atoms with Crippen LogP contribution >= 0.6 is 0 Å². The van der Waals surface area contributed by atoms with Gasteiger partial charge in [-0.3, -0.25) is 4.79 Å². The molecule has 1 heterocycles. The summed E-state index contributed by atoms with van der Waals surface area (Å²) in [4.78, 5) is 13.9. The van der Waals surface area contributed by atoms with Crippen molar-refractivity contribution >= 4 is 5.91 Å². The van der Waals surface area contributed by atoms with E-state index in [1.54, 1.807) is 4.90 Å².